The second kappa shape index (κ2) is 10.7. The molecule has 0 N–H and O–H groups in total. The minimum Gasteiger partial charge on any atom is -0.0891 e. The third-order valence-corrected chi connectivity index (χ3v) is 2.59. The monoisotopic (exact) mass is 222 g/mol. The first-order valence-electron chi connectivity index (χ1n) is 6.46. The zero-order valence-corrected chi connectivity index (χ0v) is 10.4. The second-order valence-corrected chi connectivity index (χ2v) is 4.08. The molecule has 0 saturated heterocycles. The predicted octanol–water partition coefficient (Wildman–Crippen LogP) is 3.52. The van der Waals surface area contributed by atoms with Gasteiger partial charge in [-0.25, -0.2) is 0 Å². The molecule has 0 nitrogen and oxygen atoms in total. The molecule has 0 bridgehead atoms. The molecule has 1 aliphatic carbocycles. The van der Waals surface area contributed by atoms with Gasteiger partial charge in [0.2, 0.25) is 0 Å². The van der Waals surface area contributed by atoms with Crippen molar-refractivity contribution in [1.29, 1.82) is 0 Å². The second-order valence-electron chi connectivity index (χ2n) is 4.08. The minimum absolute atomic E-state index is 0.960. The van der Waals surface area contributed by atoms with Crippen molar-refractivity contribution < 1.29 is 0 Å². The molecule has 0 saturated carbocycles. The Morgan fingerprint density at radius 2 is 0.706 bits per heavy atom. The zero-order valence-electron chi connectivity index (χ0n) is 10.4. The van der Waals surface area contributed by atoms with Gasteiger partial charge in [0.25, 0.3) is 0 Å². The van der Waals surface area contributed by atoms with E-state index in [9.17, 15) is 0 Å². The molecule has 0 radical (unpaired) electrons. The van der Waals surface area contributed by atoms with Crippen molar-refractivity contribution in [1.82, 2.24) is 0 Å². The average Bonchev–Trinajstić information content (AvgIpc) is 2.35. The van der Waals surface area contributed by atoms with E-state index in [1.807, 2.05) is 0 Å². The van der Waals surface area contributed by atoms with Crippen molar-refractivity contribution in [2.75, 3.05) is 0 Å². The Kier molecular flexibility index (Phi) is 8.41. The molecule has 1 aliphatic rings. The van der Waals surface area contributed by atoms with Crippen LogP contribution in [0.4, 0.5) is 0 Å². The molecule has 0 spiro atoms. The summed E-state index contributed by atoms with van der Waals surface area (Å²) in [4.78, 5) is 0. The van der Waals surface area contributed by atoms with Gasteiger partial charge in [-0.1, -0.05) is 43.9 Å². The van der Waals surface area contributed by atoms with Crippen molar-refractivity contribution in [3.63, 3.8) is 0 Å². The Morgan fingerprint density at radius 1 is 0.353 bits per heavy atom. The normalized spacial score (nSPS) is 16.5. The van der Waals surface area contributed by atoms with Crippen LogP contribution in [0.3, 0.4) is 0 Å². The Bertz CT molecular complexity index is 393. The molecular formula is C17H18. The molecule has 0 aromatic carbocycles. The van der Waals surface area contributed by atoms with Crippen LogP contribution in [0.5, 0.6) is 0 Å². The molecule has 0 aromatic heterocycles. The lowest BCUT2D eigenvalue weighted by Gasteiger charge is -1.98. The van der Waals surface area contributed by atoms with E-state index in [1.165, 1.54) is 44.9 Å². The summed E-state index contributed by atoms with van der Waals surface area (Å²) < 4.78 is 0. The Labute approximate surface area is 106 Å². The van der Waals surface area contributed by atoms with E-state index >= 15 is 0 Å². The van der Waals surface area contributed by atoms with Crippen LogP contribution in [0.1, 0.15) is 57.8 Å². The van der Waals surface area contributed by atoms with E-state index in [1.54, 1.807) is 0 Å². The number of hydrogen-bond acceptors (Lipinski definition) is 0. The summed E-state index contributed by atoms with van der Waals surface area (Å²) in [6, 6.07) is 0. The first-order chi connectivity index (χ1) is 8.50. The van der Waals surface area contributed by atoms with Crippen molar-refractivity contribution in [3.8, 4) is 47.4 Å². The molecular weight excluding hydrogens is 204 g/mol. The van der Waals surface area contributed by atoms with Gasteiger partial charge in [-0.15, -0.1) is 0 Å². The van der Waals surface area contributed by atoms with Crippen LogP contribution in [0.2, 0.25) is 0 Å². The van der Waals surface area contributed by atoms with E-state index < -0.39 is 0 Å². The third kappa shape index (κ3) is 9.19. The van der Waals surface area contributed by atoms with Gasteiger partial charge in [-0.3, -0.25) is 0 Å². The van der Waals surface area contributed by atoms with Gasteiger partial charge < -0.3 is 0 Å². The molecule has 0 aromatic rings. The predicted molar refractivity (Wildman–Crippen MR) is 72.7 cm³/mol. The maximum Gasteiger partial charge on any atom is 0.00989 e. The molecule has 0 amide bonds. The summed E-state index contributed by atoms with van der Waals surface area (Å²) >= 11 is 0. The van der Waals surface area contributed by atoms with Gasteiger partial charge in [-0.05, 0) is 48.4 Å². The summed E-state index contributed by atoms with van der Waals surface area (Å²) in [7, 11) is 0. The van der Waals surface area contributed by atoms with Gasteiger partial charge in [0.05, 0.1) is 0 Å². The highest BCUT2D eigenvalue weighted by Gasteiger charge is 1.90. The lowest BCUT2D eigenvalue weighted by molar-refractivity contribution is 0.587. The van der Waals surface area contributed by atoms with Gasteiger partial charge in [0.15, 0.2) is 0 Å². The van der Waals surface area contributed by atoms with Crippen LogP contribution in [0, 0.1) is 47.4 Å². The number of hydrogen-bond donors (Lipinski definition) is 0. The van der Waals surface area contributed by atoms with Gasteiger partial charge in [-0.2, -0.15) is 0 Å². The summed E-state index contributed by atoms with van der Waals surface area (Å²) in [6.07, 6.45) is 10.9. The SMILES string of the molecule is C1#CC#CCCCCCCCCCC#CC#C1. The maximum absolute atomic E-state index is 3.05. The van der Waals surface area contributed by atoms with Crippen molar-refractivity contribution >= 4 is 0 Å². The molecule has 0 heteroatoms. The largest absolute Gasteiger partial charge is 0.0891 e. The van der Waals surface area contributed by atoms with E-state index in [4.69, 9.17) is 0 Å². The van der Waals surface area contributed by atoms with Crippen LogP contribution in [0.25, 0.3) is 0 Å². The lowest BCUT2D eigenvalue weighted by Crippen LogP contribution is -1.80. The van der Waals surface area contributed by atoms with E-state index in [0.29, 0.717) is 0 Å². The van der Waals surface area contributed by atoms with Gasteiger partial charge >= 0.3 is 0 Å². The highest BCUT2D eigenvalue weighted by molar-refractivity contribution is 5.39. The minimum atomic E-state index is 0.960. The van der Waals surface area contributed by atoms with Crippen LogP contribution in [-0.4, -0.2) is 0 Å². The van der Waals surface area contributed by atoms with Crippen LogP contribution in [-0.2, 0) is 0 Å². The Morgan fingerprint density at radius 3 is 1.18 bits per heavy atom. The first kappa shape index (κ1) is 13.3. The van der Waals surface area contributed by atoms with Gasteiger partial charge in [0, 0.05) is 12.8 Å². The molecule has 0 aliphatic heterocycles. The van der Waals surface area contributed by atoms with E-state index in [2.05, 4.69) is 47.4 Å². The molecule has 86 valence electrons. The molecule has 0 atom stereocenters. The quantitative estimate of drug-likeness (QED) is 0.550. The maximum atomic E-state index is 3.05. The molecule has 0 unspecified atom stereocenters. The fourth-order valence-corrected chi connectivity index (χ4v) is 1.65. The molecule has 0 fully saturated rings. The van der Waals surface area contributed by atoms with Crippen molar-refractivity contribution in [2.24, 2.45) is 0 Å². The highest BCUT2D eigenvalue weighted by Crippen LogP contribution is 2.09. The summed E-state index contributed by atoms with van der Waals surface area (Å²) in [5, 5.41) is 0. The van der Waals surface area contributed by atoms with Crippen LogP contribution >= 0.6 is 0 Å². The topological polar surface area (TPSA) is 0 Å². The average molecular weight is 222 g/mol. The summed E-state index contributed by atoms with van der Waals surface area (Å²) in [5.74, 6) is 22.6. The van der Waals surface area contributed by atoms with Crippen LogP contribution < -0.4 is 0 Å². The number of rotatable bonds is 0. The standard InChI is InChI=1S/C17H18/c1-2-4-6-8-10-12-14-16-17-15-13-11-9-7-5-3-1/h1-9H2. The molecule has 0 heterocycles. The van der Waals surface area contributed by atoms with E-state index in [0.717, 1.165) is 12.8 Å². The lowest BCUT2D eigenvalue weighted by atomic mass is 10.1. The Hall–Kier alpha value is -1.76. The molecule has 17 heavy (non-hydrogen) atoms. The van der Waals surface area contributed by atoms with Crippen molar-refractivity contribution in [2.45, 2.75) is 57.8 Å². The zero-order chi connectivity index (χ0) is 12.0. The van der Waals surface area contributed by atoms with Gasteiger partial charge in [0.1, 0.15) is 0 Å². The third-order valence-electron chi connectivity index (χ3n) is 2.59. The van der Waals surface area contributed by atoms with Crippen LogP contribution in [0.15, 0.2) is 0 Å². The smallest absolute Gasteiger partial charge is 0.00989 e. The van der Waals surface area contributed by atoms with Crippen molar-refractivity contribution in [3.05, 3.63) is 0 Å². The first-order valence-corrected chi connectivity index (χ1v) is 6.46. The Balaban J connectivity index is 2.42. The molecule has 1 rings (SSSR count). The fourth-order valence-electron chi connectivity index (χ4n) is 1.65. The highest BCUT2D eigenvalue weighted by atomic mass is 14.0. The van der Waals surface area contributed by atoms with E-state index in [-0.39, 0.29) is 0 Å². The fraction of sp³-hybridized carbons (Fsp3) is 0.529. The summed E-state index contributed by atoms with van der Waals surface area (Å²) in [5.41, 5.74) is 0. The summed E-state index contributed by atoms with van der Waals surface area (Å²) in [6.45, 7) is 0.